The van der Waals surface area contributed by atoms with Gasteiger partial charge in [0, 0.05) is 39.3 Å². The Morgan fingerprint density at radius 3 is 2.57 bits per heavy atom. The van der Waals surface area contributed by atoms with Crippen molar-refractivity contribution >= 4 is 16.1 Å². The molecule has 0 bridgehead atoms. The maximum absolute atomic E-state index is 13.1. The zero-order valence-corrected chi connectivity index (χ0v) is 14.1. The lowest BCUT2D eigenvalue weighted by Crippen LogP contribution is -2.45. The van der Waals surface area contributed by atoms with Crippen LogP contribution in [0.2, 0.25) is 0 Å². The summed E-state index contributed by atoms with van der Waals surface area (Å²) in [7, 11) is -0.336. The number of piperidine rings is 1. The summed E-state index contributed by atoms with van der Waals surface area (Å²) in [5, 5.41) is 2.79. The van der Waals surface area contributed by atoms with Gasteiger partial charge < -0.3 is 5.32 Å². The average Bonchev–Trinajstić information content (AvgIpc) is 2.52. The van der Waals surface area contributed by atoms with Gasteiger partial charge in [0.2, 0.25) is 0 Å². The van der Waals surface area contributed by atoms with E-state index in [4.69, 9.17) is 0 Å². The molecule has 0 radical (unpaired) electrons. The van der Waals surface area contributed by atoms with Crippen LogP contribution in [0.1, 0.15) is 23.2 Å². The molecule has 0 spiro atoms. The van der Waals surface area contributed by atoms with Crippen molar-refractivity contribution in [3.63, 3.8) is 0 Å². The standard InChI is InChI=1S/C15H22FN3O3S/c1-18(2)23(21,22)19-8-6-12(7-9-19)11-17-15(20)13-4-3-5-14(16)10-13/h3-5,10,12H,6-9,11H2,1-2H3,(H,17,20). The predicted molar refractivity (Wildman–Crippen MR) is 85.6 cm³/mol. The third-order valence-corrected chi connectivity index (χ3v) is 5.94. The Kier molecular flexibility index (Phi) is 5.72. The van der Waals surface area contributed by atoms with Gasteiger partial charge in [0.25, 0.3) is 16.1 Å². The van der Waals surface area contributed by atoms with Crippen LogP contribution in [0.3, 0.4) is 0 Å². The highest BCUT2D eigenvalue weighted by atomic mass is 32.2. The van der Waals surface area contributed by atoms with E-state index in [-0.39, 0.29) is 17.4 Å². The van der Waals surface area contributed by atoms with E-state index in [2.05, 4.69) is 5.32 Å². The summed E-state index contributed by atoms with van der Waals surface area (Å²) in [5.41, 5.74) is 0.289. The van der Waals surface area contributed by atoms with E-state index in [0.29, 0.717) is 32.5 Å². The second kappa shape index (κ2) is 7.37. The third kappa shape index (κ3) is 4.49. The Balaban J connectivity index is 1.82. The fourth-order valence-corrected chi connectivity index (χ4v) is 3.68. The number of amides is 1. The Morgan fingerprint density at radius 1 is 1.35 bits per heavy atom. The zero-order valence-electron chi connectivity index (χ0n) is 13.3. The molecule has 0 aliphatic carbocycles. The number of carbonyl (C=O) groups excluding carboxylic acids is 1. The molecular weight excluding hydrogens is 321 g/mol. The lowest BCUT2D eigenvalue weighted by molar-refractivity contribution is 0.0941. The minimum absolute atomic E-state index is 0.223. The topological polar surface area (TPSA) is 69.7 Å². The van der Waals surface area contributed by atoms with Gasteiger partial charge in [0.15, 0.2) is 0 Å². The molecule has 1 heterocycles. The summed E-state index contributed by atoms with van der Waals surface area (Å²) in [5.74, 6) is -0.534. The van der Waals surface area contributed by atoms with Crippen LogP contribution in [0.5, 0.6) is 0 Å². The third-order valence-electron chi connectivity index (χ3n) is 4.00. The van der Waals surface area contributed by atoms with Crippen molar-refractivity contribution in [1.29, 1.82) is 0 Å². The number of hydrogen-bond acceptors (Lipinski definition) is 3. The van der Waals surface area contributed by atoms with Crippen LogP contribution in [0.4, 0.5) is 4.39 Å². The van der Waals surface area contributed by atoms with Crippen molar-refractivity contribution in [3.05, 3.63) is 35.6 Å². The van der Waals surface area contributed by atoms with Gasteiger partial charge in [-0.2, -0.15) is 17.0 Å². The minimum atomic E-state index is -3.36. The van der Waals surface area contributed by atoms with Crippen molar-refractivity contribution < 1.29 is 17.6 Å². The van der Waals surface area contributed by atoms with E-state index in [1.807, 2.05) is 0 Å². The van der Waals surface area contributed by atoms with Gasteiger partial charge in [0.05, 0.1) is 0 Å². The maximum Gasteiger partial charge on any atom is 0.281 e. The highest BCUT2D eigenvalue weighted by molar-refractivity contribution is 7.86. The first-order valence-corrected chi connectivity index (χ1v) is 8.92. The number of carbonyl (C=O) groups is 1. The maximum atomic E-state index is 13.1. The number of nitrogens with one attached hydrogen (secondary N) is 1. The van der Waals surface area contributed by atoms with Gasteiger partial charge in [-0.25, -0.2) is 4.39 Å². The first-order chi connectivity index (χ1) is 10.8. The molecule has 2 rings (SSSR count). The van der Waals surface area contributed by atoms with E-state index >= 15 is 0 Å². The molecule has 1 aromatic carbocycles. The van der Waals surface area contributed by atoms with Crippen molar-refractivity contribution in [2.45, 2.75) is 12.8 Å². The van der Waals surface area contributed by atoms with Gasteiger partial charge in [-0.3, -0.25) is 4.79 Å². The molecule has 8 heteroatoms. The molecule has 0 aromatic heterocycles. The van der Waals surface area contributed by atoms with Crippen LogP contribution in [-0.4, -0.2) is 56.7 Å². The van der Waals surface area contributed by atoms with E-state index in [1.54, 1.807) is 6.07 Å². The van der Waals surface area contributed by atoms with Crippen LogP contribution in [0.25, 0.3) is 0 Å². The molecule has 1 fully saturated rings. The summed E-state index contributed by atoms with van der Waals surface area (Å²) in [6.07, 6.45) is 1.38. The molecule has 1 amide bonds. The molecule has 23 heavy (non-hydrogen) atoms. The van der Waals surface area contributed by atoms with Crippen LogP contribution in [0.15, 0.2) is 24.3 Å². The summed E-state index contributed by atoms with van der Waals surface area (Å²) < 4.78 is 39.8. The predicted octanol–water partition coefficient (Wildman–Crippen LogP) is 1.07. The monoisotopic (exact) mass is 343 g/mol. The first kappa shape index (κ1) is 17.8. The average molecular weight is 343 g/mol. The molecule has 1 aliphatic heterocycles. The summed E-state index contributed by atoms with van der Waals surface area (Å²) in [4.78, 5) is 12.0. The lowest BCUT2D eigenvalue weighted by Gasteiger charge is -2.32. The smallest absolute Gasteiger partial charge is 0.281 e. The number of rotatable bonds is 5. The fourth-order valence-electron chi connectivity index (χ4n) is 2.54. The second-order valence-electron chi connectivity index (χ2n) is 5.85. The Labute approximate surface area is 136 Å². The number of halogens is 1. The molecule has 1 aromatic rings. The zero-order chi connectivity index (χ0) is 17.0. The van der Waals surface area contributed by atoms with E-state index in [9.17, 15) is 17.6 Å². The van der Waals surface area contributed by atoms with Gasteiger partial charge in [-0.05, 0) is 37.0 Å². The summed E-state index contributed by atoms with van der Waals surface area (Å²) in [6.45, 7) is 1.35. The molecule has 0 saturated carbocycles. The summed E-state index contributed by atoms with van der Waals surface area (Å²) >= 11 is 0. The quantitative estimate of drug-likeness (QED) is 0.870. The Hall–Kier alpha value is -1.51. The molecular formula is C15H22FN3O3S. The lowest BCUT2D eigenvalue weighted by atomic mass is 9.98. The molecule has 6 nitrogen and oxygen atoms in total. The van der Waals surface area contributed by atoms with Crippen molar-refractivity contribution in [3.8, 4) is 0 Å². The first-order valence-electron chi connectivity index (χ1n) is 7.52. The normalized spacial score (nSPS) is 17.4. The highest BCUT2D eigenvalue weighted by Gasteiger charge is 2.29. The van der Waals surface area contributed by atoms with Gasteiger partial charge in [0.1, 0.15) is 5.82 Å². The van der Waals surface area contributed by atoms with Crippen LogP contribution >= 0.6 is 0 Å². The largest absolute Gasteiger partial charge is 0.352 e. The molecule has 128 valence electrons. The Morgan fingerprint density at radius 2 is 2.00 bits per heavy atom. The molecule has 0 unspecified atom stereocenters. The van der Waals surface area contributed by atoms with Crippen LogP contribution in [0, 0.1) is 11.7 Å². The van der Waals surface area contributed by atoms with Crippen molar-refractivity contribution in [1.82, 2.24) is 13.9 Å². The molecule has 0 atom stereocenters. The summed E-state index contributed by atoms with van der Waals surface area (Å²) in [6, 6.07) is 5.54. The van der Waals surface area contributed by atoms with Gasteiger partial charge in [-0.15, -0.1) is 0 Å². The number of nitrogens with zero attached hydrogens (tertiary/aromatic N) is 2. The van der Waals surface area contributed by atoms with E-state index in [0.717, 1.165) is 0 Å². The molecule has 1 saturated heterocycles. The van der Waals surface area contributed by atoms with Gasteiger partial charge in [-0.1, -0.05) is 6.07 Å². The van der Waals surface area contributed by atoms with Crippen LogP contribution < -0.4 is 5.32 Å². The Bertz CT molecular complexity index is 656. The number of benzene rings is 1. The van der Waals surface area contributed by atoms with E-state index in [1.165, 1.54) is 40.9 Å². The molecule has 1 aliphatic rings. The molecule has 1 N–H and O–H groups in total. The minimum Gasteiger partial charge on any atom is -0.352 e. The van der Waals surface area contributed by atoms with Crippen molar-refractivity contribution in [2.24, 2.45) is 5.92 Å². The van der Waals surface area contributed by atoms with Gasteiger partial charge >= 0.3 is 0 Å². The van der Waals surface area contributed by atoms with Crippen molar-refractivity contribution in [2.75, 3.05) is 33.7 Å². The fraction of sp³-hybridized carbons (Fsp3) is 0.533. The highest BCUT2D eigenvalue weighted by Crippen LogP contribution is 2.20. The SMILES string of the molecule is CN(C)S(=O)(=O)N1CCC(CNC(=O)c2cccc(F)c2)CC1. The van der Waals surface area contributed by atoms with Crippen LogP contribution in [-0.2, 0) is 10.2 Å². The van der Waals surface area contributed by atoms with E-state index < -0.39 is 16.0 Å². The number of hydrogen-bond donors (Lipinski definition) is 1. The second-order valence-corrected chi connectivity index (χ2v) is 8.00.